The van der Waals surface area contributed by atoms with E-state index in [0.717, 1.165) is 5.56 Å². The number of methoxy groups -OCH3 is 1. The fourth-order valence-corrected chi connectivity index (χ4v) is 3.78. The highest BCUT2D eigenvalue weighted by atomic mass is 32.1. The summed E-state index contributed by atoms with van der Waals surface area (Å²) in [5, 5.41) is 12.6. The molecule has 9 heteroatoms. The highest BCUT2D eigenvalue weighted by molar-refractivity contribution is 7.12. The SMILES string of the molecule is COc1cc(C=C2N=C(c3ccc([N+](=O)[O-])cc3)OC2=O)ccc1CC(=O)c1cccs1. The van der Waals surface area contributed by atoms with Crippen molar-refractivity contribution in [2.24, 2.45) is 4.99 Å². The molecular formula is C23H16N2O6S. The molecule has 4 rings (SSSR count). The molecule has 1 aliphatic heterocycles. The van der Waals surface area contributed by atoms with Crippen LogP contribution in [0, 0.1) is 10.1 Å². The molecule has 0 atom stereocenters. The van der Waals surface area contributed by atoms with Gasteiger partial charge in [-0.25, -0.2) is 9.79 Å². The number of esters is 1. The fraction of sp³-hybridized carbons (Fsp3) is 0.0870. The Morgan fingerprint density at radius 1 is 1.22 bits per heavy atom. The second-order valence-corrected chi connectivity index (χ2v) is 7.74. The van der Waals surface area contributed by atoms with Crippen LogP contribution in [0.4, 0.5) is 5.69 Å². The van der Waals surface area contributed by atoms with E-state index in [1.54, 1.807) is 30.3 Å². The van der Waals surface area contributed by atoms with Crippen LogP contribution < -0.4 is 4.74 Å². The van der Waals surface area contributed by atoms with Crippen LogP contribution in [0.25, 0.3) is 6.08 Å². The molecule has 0 saturated carbocycles. The number of thiophene rings is 1. The van der Waals surface area contributed by atoms with E-state index in [4.69, 9.17) is 9.47 Å². The number of non-ortho nitro benzene ring substituents is 1. The molecule has 32 heavy (non-hydrogen) atoms. The van der Waals surface area contributed by atoms with E-state index in [1.807, 2.05) is 11.4 Å². The zero-order chi connectivity index (χ0) is 22.7. The van der Waals surface area contributed by atoms with Crippen LogP contribution in [0.15, 0.2) is 70.7 Å². The van der Waals surface area contributed by atoms with E-state index >= 15 is 0 Å². The summed E-state index contributed by atoms with van der Waals surface area (Å²) in [6, 6.07) is 14.4. The number of hydrogen-bond donors (Lipinski definition) is 0. The minimum atomic E-state index is -0.630. The molecule has 3 aromatic rings. The van der Waals surface area contributed by atoms with Crippen molar-refractivity contribution in [1.29, 1.82) is 0 Å². The molecule has 2 heterocycles. The van der Waals surface area contributed by atoms with E-state index in [1.165, 1.54) is 42.7 Å². The van der Waals surface area contributed by atoms with Gasteiger partial charge in [0.05, 0.1) is 16.9 Å². The van der Waals surface area contributed by atoms with Gasteiger partial charge >= 0.3 is 5.97 Å². The van der Waals surface area contributed by atoms with Gasteiger partial charge in [0.15, 0.2) is 11.5 Å². The first kappa shape index (κ1) is 21.1. The quantitative estimate of drug-likeness (QED) is 0.174. The van der Waals surface area contributed by atoms with Crippen LogP contribution in [-0.2, 0) is 16.0 Å². The molecule has 0 unspecified atom stereocenters. The Bertz CT molecular complexity index is 1260. The van der Waals surface area contributed by atoms with E-state index in [9.17, 15) is 19.7 Å². The maximum Gasteiger partial charge on any atom is 0.363 e. The number of cyclic esters (lactones) is 1. The third kappa shape index (κ3) is 4.47. The Morgan fingerprint density at radius 3 is 2.66 bits per heavy atom. The normalized spacial score (nSPS) is 14.2. The molecule has 0 radical (unpaired) electrons. The minimum Gasteiger partial charge on any atom is -0.496 e. The lowest BCUT2D eigenvalue weighted by Crippen LogP contribution is -2.05. The van der Waals surface area contributed by atoms with Crippen molar-refractivity contribution in [2.75, 3.05) is 7.11 Å². The summed E-state index contributed by atoms with van der Waals surface area (Å²) >= 11 is 1.39. The summed E-state index contributed by atoms with van der Waals surface area (Å²) in [4.78, 5) is 39.8. The van der Waals surface area contributed by atoms with Crippen LogP contribution in [0.2, 0.25) is 0 Å². The summed E-state index contributed by atoms with van der Waals surface area (Å²) in [7, 11) is 1.51. The van der Waals surface area contributed by atoms with Crippen molar-refractivity contribution in [3.63, 3.8) is 0 Å². The highest BCUT2D eigenvalue weighted by Gasteiger charge is 2.24. The van der Waals surface area contributed by atoms with Crippen molar-refractivity contribution in [3.05, 3.63) is 97.4 Å². The van der Waals surface area contributed by atoms with Gasteiger partial charge < -0.3 is 9.47 Å². The number of carbonyl (C=O) groups excluding carboxylic acids is 2. The van der Waals surface area contributed by atoms with Gasteiger partial charge in [0.25, 0.3) is 5.69 Å². The fourth-order valence-electron chi connectivity index (χ4n) is 3.11. The molecule has 160 valence electrons. The summed E-state index contributed by atoms with van der Waals surface area (Å²) in [5.41, 5.74) is 1.85. The predicted octanol–water partition coefficient (Wildman–Crippen LogP) is 4.43. The van der Waals surface area contributed by atoms with E-state index in [0.29, 0.717) is 21.8 Å². The van der Waals surface area contributed by atoms with Crippen LogP contribution in [0.1, 0.15) is 26.4 Å². The first-order valence-electron chi connectivity index (χ1n) is 9.45. The summed E-state index contributed by atoms with van der Waals surface area (Å²) in [6.45, 7) is 0. The van der Waals surface area contributed by atoms with Crippen molar-refractivity contribution in [2.45, 2.75) is 6.42 Å². The molecule has 0 saturated heterocycles. The van der Waals surface area contributed by atoms with E-state index in [2.05, 4.69) is 4.99 Å². The first-order valence-corrected chi connectivity index (χ1v) is 10.3. The molecule has 1 aromatic heterocycles. The van der Waals surface area contributed by atoms with E-state index in [-0.39, 0.29) is 29.5 Å². The number of rotatable bonds is 7. The Hall–Kier alpha value is -4.11. The van der Waals surface area contributed by atoms with Crippen LogP contribution in [0.3, 0.4) is 0 Å². The van der Waals surface area contributed by atoms with Crippen molar-refractivity contribution in [3.8, 4) is 5.75 Å². The maximum absolute atomic E-state index is 12.4. The molecule has 0 amide bonds. The summed E-state index contributed by atoms with van der Waals surface area (Å²) in [5.74, 6) is -0.0353. The first-order chi connectivity index (χ1) is 15.4. The zero-order valence-corrected chi connectivity index (χ0v) is 17.6. The van der Waals surface area contributed by atoms with Crippen molar-refractivity contribution >= 4 is 40.8 Å². The number of nitrogens with zero attached hydrogens (tertiary/aromatic N) is 2. The number of aliphatic imine (C=N–C) groups is 1. The molecule has 0 fully saturated rings. The number of Topliss-reactive ketones (excluding diaryl/α,β-unsaturated/α-hetero) is 1. The van der Waals surface area contributed by atoms with Gasteiger partial charge in [0, 0.05) is 29.7 Å². The molecule has 1 aliphatic rings. The van der Waals surface area contributed by atoms with Crippen molar-refractivity contribution < 1.29 is 24.0 Å². The smallest absolute Gasteiger partial charge is 0.363 e. The summed E-state index contributed by atoms with van der Waals surface area (Å²) < 4.78 is 10.6. The molecule has 0 N–H and O–H groups in total. The lowest BCUT2D eigenvalue weighted by atomic mass is 10.0. The Labute approximate surface area is 186 Å². The monoisotopic (exact) mass is 448 g/mol. The van der Waals surface area contributed by atoms with Gasteiger partial charge in [0.2, 0.25) is 5.90 Å². The highest BCUT2D eigenvalue weighted by Crippen LogP contribution is 2.26. The van der Waals surface area contributed by atoms with Gasteiger partial charge in [0.1, 0.15) is 5.75 Å². The second-order valence-electron chi connectivity index (χ2n) is 6.79. The van der Waals surface area contributed by atoms with Crippen LogP contribution >= 0.6 is 11.3 Å². The molecule has 0 bridgehead atoms. The third-order valence-electron chi connectivity index (χ3n) is 4.71. The lowest BCUT2D eigenvalue weighted by Gasteiger charge is -2.08. The number of nitro benzene ring substituents is 1. The molecule has 8 nitrogen and oxygen atoms in total. The minimum absolute atomic E-state index is 0.00103. The average Bonchev–Trinajstić information content (AvgIpc) is 3.45. The Kier molecular flexibility index (Phi) is 5.91. The average molecular weight is 448 g/mol. The number of benzene rings is 2. The zero-order valence-electron chi connectivity index (χ0n) is 16.8. The second kappa shape index (κ2) is 8.94. The topological polar surface area (TPSA) is 108 Å². The largest absolute Gasteiger partial charge is 0.496 e. The molecule has 0 spiro atoms. The van der Waals surface area contributed by atoms with Gasteiger partial charge in [-0.3, -0.25) is 14.9 Å². The lowest BCUT2D eigenvalue weighted by molar-refractivity contribution is -0.384. The molecular weight excluding hydrogens is 432 g/mol. The number of carbonyl (C=O) groups is 2. The van der Waals surface area contributed by atoms with Gasteiger partial charge in [-0.2, -0.15) is 0 Å². The van der Waals surface area contributed by atoms with Gasteiger partial charge in [-0.05, 0) is 41.3 Å². The predicted molar refractivity (Wildman–Crippen MR) is 119 cm³/mol. The maximum atomic E-state index is 12.4. The number of ether oxygens (including phenoxy) is 2. The van der Waals surface area contributed by atoms with Gasteiger partial charge in [-0.15, -0.1) is 11.3 Å². The third-order valence-corrected chi connectivity index (χ3v) is 5.62. The van der Waals surface area contributed by atoms with Crippen LogP contribution in [-0.4, -0.2) is 29.7 Å². The molecule has 0 aliphatic carbocycles. The van der Waals surface area contributed by atoms with Crippen molar-refractivity contribution in [1.82, 2.24) is 0 Å². The molecule has 2 aromatic carbocycles. The van der Waals surface area contributed by atoms with Crippen LogP contribution in [0.5, 0.6) is 5.75 Å². The Morgan fingerprint density at radius 2 is 2.00 bits per heavy atom. The van der Waals surface area contributed by atoms with Gasteiger partial charge in [-0.1, -0.05) is 18.2 Å². The summed E-state index contributed by atoms with van der Waals surface area (Å²) in [6.07, 6.45) is 1.75. The number of hydrogen-bond acceptors (Lipinski definition) is 8. The standard InChI is InChI=1S/C23H16N2O6S/c1-30-20-12-14(4-5-16(20)13-19(26)21-3-2-10-32-21)11-18-23(27)31-22(24-18)15-6-8-17(9-7-15)25(28)29/h2-12H,13H2,1H3. The number of nitro groups is 1. The van der Waals surface area contributed by atoms with E-state index < -0.39 is 10.9 Å². The number of ketones is 1. The Balaban J connectivity index is 1.56.